The molecular formula is C20H18ClN3O4. The largest absolute Gasteiger partial charge is 0.352 e. The zero-order valence-corrected chi connectivity index (χ0v) is 16.1. The molecule has 0 saturated carbocycles. The maximum Gasteiger partial charge on any atom is 0.270 e. The number of carbonyl (C=O) groups excluding carboxylic acids is 1. The number of pyridine rings is 1. The number of halogens is 1. The van der Waals surface area contributed by atoms with Crippen molar-refractivity contribution in [3.63, 3.8) is 0 Å². The van der Waals surface area contributed by atoms with Gasteiger partial charge in [-0.2, -0.15) is 0 Å². The number of amides is 1. The second-order valence-electron chi connectivity index (χ2n) is 6.54. The van der Waals surface area contributed by atoms with Gasteiger partial charge in [-0.25, -0.2) is 0 Å². The summed E-state index contributed by atoms with van der Waals surface area (Å²) in [4.78, 5) is 37.9. The fourth-order valence-corrected chi connectivity index (χ4v) is 3.21. The van der Waals surface area contributed by atoms with E-state index in [-0.39, 0.29) is 28.4 Å². The molecule has 0 bridgehead atoms. The molecule has 28 heavy (non-hydrogen) atoms. The number of fused-ring (bicyclic) bond motifs is 1. The van der Waals surface area contributed by atoms with Crippen LogP contribution in [0, 0.1) is 24.0 Å². The van der Waals surface area contributed by atoms with E-state index in [1.165, 1.54) is 12.1 Å². The highest BCUT2D eigenvalue weighted by Crippen LogP contribution is 2.22. The number of non-ortho nitro benzene ring substituents is 1. The number of aromatic nitrogens is 1. The lowest BCUT2D eigenvalue weighted by Crippen LogP contribution is -2.27. The van der Waals surface area contributed by atoms with E-state index >= 15 is 0 Å². The number of carbonyl (C=O) groups is 1. The monoisotopic (exact) mass is 399 g/mol. The molecule has 144 valence electrons. The van der Waals surface area contributed by atoms with Gasteiger partial charge in [0.25, 0.3) is 17.2 Å². The molecule has 7 nitrogen and oxygen atoms in total. The Kier molecular flexibility index (Phi) is 5.46. The molecule has 1 heterocycles. The Morgan fingerprint density at radius 2 is 1.89 bits per heavy atom. The Morgan fingerprint density at radius 1 is 1.18 bits per heavy atom. The van der Waals surface area contributed by atoms with E-state index < -0.39 is 10.8 Å². The lowest BCUT2D eigenvalue weighted by Gasteiger charge is -2.09. The van der Waals surface area contributed by atoms with Gasteiger partial charge in [-0.15, -0.1) is 0 Å². The van der Waals surface area contributed by atoms with E-state index in [9.17, 15) is 19.7 Å². The first-order chi connectivity index (χ1) is 13.3. The van der Waals surface area contributed by atoms with Crippen LogP contribution in [0.15, 0.2) is 41.2 Å². The lowest BCUT2D eigenvalue weighted by molar-refractivity contribution is -0.384. The molecule has 1 amide bonds. The van der Waals surface area contributed by atoms with Crippen molar-refractivity contribution in [2.75, 3.05) is 6.54 Å². The molecule has 0 atom stereocenters. The van der Waals surface area contributed by atoms with E-state index in [2.05, 4.69) is 10.3 Å². The standard InChI is InChI=1S/C20H18ClN3O4/c1-11-3-4-12(2)18-15(11)9-13(19(25)23-18)7-8-22-20(26)16-10-14(24(27)28)5-6-17(16)21/h3-6,9-10H,7-8H2,1-2H3,(H,22,26)(H,23,25). The Hall–Kier alpha value is -3.19. The van der Waals surface area contributed by atoms with Crippen molar-refractivity contribution in [3.8, 4) is 0 Å². The van der Waals surface area contributed by atoms with Crippen LogP contribution in [0.2, 0.25) is 5.02 Å². The molecule has 8 heteroatoms. The van der Waals surface area contributed by atoms with Crippen LogP contribution in [0.4, 0.5) is 5.69 Å². The third-order valence-corrected chi connectivity index (χ3v) is 4.94. The quantitative estimate of drug-likeness (QED) is 0.504. The van der Waals surface area contributed by atoms with Gasteiger partial charge in [-0.3, -0.25) is 19.7 Å². The van der Waals surface area contributed by atoms with Gasteiger partial charge >= 0.3 is 0 Å². The molecule has 0 aliphatic rings. The number of nitrogens with one attached hydrogen (secondary N) is 2. The number of rotatable bonds is 5. The fourth-order valence-electron chi connectivity index (χ4n) is 3.01. The molecule has 0 radical (unpaired) electrons. The fraction of sp³-hybridized carbons (Fsp3) is 0.200. The average Bonchev–Trinajstić information content (AvgIpc) is 2.65. The van der Waals surface area contributed by atoms with Gasteiger partial charge in [0.1, 0.15) is 0 Å². The maximum absolute atomic E-state index is 12.4. The minimum absolute atomic E-state index is 0.0229. The van der Waals surface area contributed by atoms with Gasteiger partial charge in [0.05, 0.1) is 21.0 Å². The van der Waals surface area contributed by atoms with E-state index in [1.807, 2.05) is 32.0 Å². The Balaban J connectivity index is 1.77. The van der Waals surface area contributed by atoms with Gasteiger partial charge in [-0.05, 0) is 43.5 Å². The summed E-state index contributed by atoms with van der Waals surface area (Å²) in [7, 11) is 0. The van der Waals surface area contributed by atoms with E-state index in [1.54, 1.807) is 0 Å². The minimum Gasteiger partial charge on any atom is -0.352 e. The number of hydrogen-bond donors (Lipinski definition) is 2. The molecule has 0 aliphatic carbocycles. The van der Waals surface area contributed by atoms with Crippen LogP contribution in [0.5, 0.6) is 0 Å². The molecule has 0 unspecified atom stereocenters. The van der Waals surface area contributed by atoms with Gasteiger partial charge in [0.2, 0.25) is 0 Å². The Morgan fingerprint density at radius 3 is 2.61 bits per heavy atom. The van der Waals surface area contributed by atoms with Crippen molar-refractivity contribution < 1.29 is 9.72 Å². The molecule has 1 aromatic heterocycles. The van der Waals surface area contributed by atoms with E-state index in [0.29, 0.717) is 12.0 Å². The predicted molar refractivity (Wildman–Crippen MR) is 108 cm³/mol. The van der Waals surface area contributed by atoms with Crippen LogP contribution in [0.1, 0.15) is 27.0 Å². The summed E-state index contributed by atoms with van der Waals surface area (Å²) in [6.45, 7) is 4.09. The van der Waals surface area contributed by atoms with Crippen molar-refractivity contribution in [3.05, 3.63) is 84.1 Å². The molecule has 0 aliphatic heterocycles. The number of aromatic amines is 1. The van der Waals surface area contributed by atoms with Crippen LogP contribution in [-0.4, -0.2) is 22.4 Å². The predicted octanol–water partition coefficient (Wildman–Crippen LogP) is 3.68. The second-order valence-corrected chi connectivity index (χ2v) is 6.95. The first-order valence-corrected chi connectivity index (χ1v) is 9.00. The van der Waals surface area contributed by atoms with Crippen molar-refractivity contribution in [1.29, 1.82) is 0 Å². The number of hydrogen-bond acceptors (Lipinski definition) is 4. The summed E-state index contributed by atoms with van der Waals surface area (Å²) in [6.07, 6.45) is 0.316. The number of benzene rings is 2. The smallest absolute Gasteiger partial charge is 0.270 e. The summed E-state index contributed by atoms with van der Waals surface area (Å²) in [5, 5.41) is 14.6. The minimum atomic E-state index is -0.591. The molecule has 0 spiro atoms. The number of aryl methyl sites for hydroxylation is 2. The topological polar surface area (TPSA) is 105 Å². The van der Waals surface area contributed by atoms with Crippen molar-refractivity contribution >= 4 is 34.1 Å². The Bertz CT molecular complexity index is 1150. The SMILES string of the molecule is Cc1ccc(C)c2[nH]c(=O)c(CCNC(=O)c3cc([N+](=O)[O-])ccc3Cl)cc12. The summed E-state index contributed by atoms with van der Waals surface area (Å²) < 4.78 is 0. The van der Waals surface area contributed by atoms with Gasteiger partial charge in [0, 0.05) is 29.6 Å². The zero-order valence-electron chi connectivity index (χ0n) is 15.3. The second kappa shape index (κ2) is 7.82. The number of nitro benzene ring substituents is 1. The highest BCUT2D eigenvalue weighted by molar-refractivity contribution is 6.33. The molecule has 3 rings (SSSR count). The van der Waals surface area contributed by atoms with Crippen LogP contribution in [-0.2, 0) is 6.42 Å². The summed E-state index contributed by atoms with van der Waals surface area (Å²) >= 11 is 5.98. The highest BCUT2D eigenvalue weighted by Gasteiger charge is 2.16. The molecular weight excluding hydrogens is 382 g/mol. The molecule has 2 aromatic carbocycles. The summed E-state index contributed by atoms with van der Waals surface area (Å²) in [6, 6.07) is 9.46. The first kappa shape index (κ1) is 19.6. The normalized spacial score (nSPS) is 10.8. The third-order valence-electron chi connectivity index (χ3n) is 4.61. The summed E-state index contributed by atoms with van der Waals surface area (Å²) in [5.74, 6) is -0.530. The van der Waals surface area contributed by atoms with Gasteiger partial charge in [-0.1, -0.05) is 23.7 Å². The molecule has 2 N–H and O–H groups in total. The zero-order chi connectivity index (χ0) is 20.4. The number of H-pyrrole nitrogens is 1. The average molecular weight is 400 g/mol. The van der Waals surface area contributed by atoms with Crippen molar-refractivity contribution in [2.24, 2.45) is 0 Å². The number of nitro groups is 1. The highest BCUT2D eigenvalue weighted by atomic mass is 35.5. The van der Waals surface area contributed by atoms with E-state index in [0.717, 1.165) is 28.1 Å². The van der Waals surface area contributed by atoms with Gasteiger partial charge < -0.3 is 10.3 Å². The molecule has 0 fully saturated rings. The van der Waals surface area contributed by atoms with Crippen molar-refractivity contribution in [2.45, 2.75) is 20.3 Å². The number of nitrogens with zero attached hydrogens (tertiary/aromatic N) is 1. The van der Waals surface area contributed by atoms with Crippen LogP contribution >= 0.6 is 11.6 Å². The Labute approximate surface area is 165 Å². The first-order valence-electron chi connectivity index (χ1n) is 8.62. The molecule has 0 saturated heterocycles. The maximum atomic E-state index is 12.4. The molecule has 3 aromatic rings. The van der Waals surface area contributed by atoms with Crippen LogP contribution < -0.4 is 10.9 Å². The lowest BCUT2D eigenvalue weighted by atomic mass is 10.0. The van der Waals surface area contributed by atoms with Crippen LogP contribution in [0.25, 0.3) is 10.9 Å². The van der Waals surface area contributed by atoms with Crippen molar-refractivity contribution in [1.82, 2.24) is 10.3 Å². The third kappa shape index (κ3) is 3.89. The van der Waals surface area contributed by atoms with Crippen LogP contribution in [0.3, 0.4) is 0 Å². The summed E-state index contributed by atoms with van der Waals surface area (Å²) in [5.41, 5.74) is 2.99. The van der Waals surface area contributed by atoms with Gasteiger partial charge in [0.15, 0.2) is 0 Å². The van der Waals surface area contributed by atoms with E-state index in [4.69, 9.17) is 11.6 Å².